The summed E-state index contributed by atoms with van der Waals surface area (Å²) in [4.78, 5) is 11.9. The number of amides is 1. The van der Waals surface area contributed by atoms with Crippen molar-refractivity contribution in [2.75, 3.05) is 5.32 Å². The number of halogens is 1. The Morgan fingerprint density at radius 1 is 1.26 bits per heavy atom. The molecule has 2 N–H and O–H groups in total. The zero-order chi connectivity index (χ0) is 13.8. The molecule has 0 aliphatic rings. The van der Waals surface area contributed by atoms with Crippen LogP contribution in [0, 0.1) is 17.1 Å². The van der Waals surface area contributed by atoms with E-state index in [0.717, 1.165) is 6.07 Å². The van der Waals surface area contributed by atoms with Crippen LogP contribution >= 0.6 is 0 Å². The second kappa shape index (κ2) is 5.19. The van der Waals surface area contributed by atoms with Gasteiger partial charge in [-0.05, 0) is 30.3 Å². The second-order valence-electron chi connectivity index (χ2n) is 3.78. The third-order valence-electron chi connectivity index (χ3n) is 2.47. The van der Waals surface area contributed by atoms with Gasteiger partial charge < -0.3 is 10.4 Å². The number of phenolic OH excluding ortho intramolecular Hbond substituents is 1. The number of phenols is 1. The molecule has 0 unspecified atom stereocenters. The fourth-order valence-electron chi connectivity index (χ4n) is 1.60. The average molecular weight is 256 g/mol. The highest BCUT2D eigenvalue weighted by Gasteiger charge is 2.16. The van der Waals surface area contributed by atoms with E-state index in [4.69, 9.17) is 5.26 Å². The summed E-state index contributed by atoms with van der Waals surface area (Å²) in [6.07, 6.45) is 0. The summed E-state index contributed by atoms with van der Waals surface area (Å²) in [5, 5.41) is 20.7. The first kappa shape index (κ1) is 12.6. The maximum Gasteiger partial charge on any atom is 0.262 e. The van der Waals surface area contributed by atoms with Crippen molar-refractivity contribution in [1.82, 2.24) is 0 Å². The summed E-state index contributed by atoms with van der Waals surface area (Å²) in [5.41, 5.74) is 0.298. The Labute approximate surface area is 108 Å². The highest BCUT2D eigenvalue weighted by Crippen LogP contribution is 2.21. The van der Waals surface area contributed by atoms with Gasteiger partial charge in [-0.3, -0.25) is 4.79 Å². The summed E-state index contributed by atoms with van der Waals surface area (Å²) >= 11 is 0. The lowest BCUT2D eigenvalue weighted by atomic mass is 10.1. The van der Waals surface area contributed by atoms with E-state index in [9.17, 15) is 14.3 Å². The summed E-state index contributed by atoms with van der Waals surface area (Å²) in [6, 6.07) is 11.7. The molecule has 19 heavy (non-hydrogen) atoms. The van der Waals surface area contributed by atoms with Crippen molar-refractivity contribution in [3.05, 3.63) is 59.4 Å². The molecule has 0 atom stereocenters. The predicted octanol–water partition coefficient (Wildman–Crippen LogP) is 2.66. The maximum absolute atomic E-state index is 13.5. The SMILES string of the molecule is N#Cc1cccc(NC(=O)c2c(O)cccc2F)c1. The molecule has 94 valence electrons. The molecular weight excluding hydrogens is 247 g/mol. The van der Waals surface area contributed by atoms with E-state index in [1.807, 2.05) is 6.07 Å². The van der Waals surface area contributed by atoms with Gasteiger partial charge in [0.15, 0.2) is 0 Å². The van der Waals surface area contributed by atoms with Crippen LogP contribution in [0.2, 0.25) is 0 Å². The van der Waals surface area contributed by atoms with Gasteiger partial charge in [-0.2, -0.15) is 5.26 Å². The number of hydrogen-bond acceptors (Lipinski definition) is 3. The van der Waals surface area contributed by atoms with Crippen molar-refractivity contribution in [3.8, 4) is 11.8 Å². The molecule has 0 saturated heterocycles. The predicted molar refractivity (Wildman–Crippen MR) is 67.2 cm³/mol. The Morgan fingerprint density at radius 3 is 2.68 bits per heavy atom. The molecule has 4 nitrogen and oxygen atoms in total. The first-order valence-electron chi connectivity index (χ1n) is 5.41. The number of rotatable bonds is 2. The summed E-state index contributed by atoms with van der Waals surface area (Å²) < 4.78 is 13.5. The lowest BCUT2D eigenvalue weighted by Gasteiger charge is -2.07. The van der Waals surface area contributed by atoms with Gasteiger partial charge in [0.2, 0.25) is 0 Å². The zero-order valence-corrected chi connectivity index (χ0v) is 9.72. The van der Waals surface area contributed by atoms with Crippen molar-refractivity contribution >= 4 is 11.6 Å². The molecule has 0 spiro atoms. The van der Waals surface area contributed by atoms with E-state index in [1.165, 1.54) is 18.2 Å². The molecule has 0 aromatic heterocycles. The van der Waals surface area contributed by atoms with Crippen molar-refractivity contribution in [2.24, 2.45) is 0 Å². The Bertz CT molecular complexity index is 657. The van der Waals surface area contributed by atoms with Gasteiger partial charge in [-0.25, -0.2) is 4.39 Å². The van der Waals surface area contributed by atoms with Gasteiger partial charge in [0, 0.05) is 5.69 Å². The lowest BCUT2D eigenvalue weighted by Crippen LogP contribution is -2.14. The normalized spacial score (nSPS) is 9.68. The van der Waals surface area contributed by atoms with Gasteiger partial charge in [0.1, 0.15) is 17.1 Å². The molecule has 2 aromatic rings. The van der Waals surface area contributed by atoms with Crippen LogP contribution in [0.25, 0.3) is 0 Å². The summed E-state index contributed by atoms with van der Waals surface area (Å²) in [6.45, 7) is 0. The van der Waals surface area contributed by atoms with Crippen LogP contribution in [-0.4, -0.2) is 11.0 Å². The molecule has 0 saturated carbocycles. The van der Waals surface area contributed by atoms with Gasteiger partial charge in [-0.15, -0.1) is 0 Å². The molecule has 2 rings (SSSR count). The van der Waals surface area contributed by atoms with E-state index >= 15 is 0 Å². The maximum atomic E-state index is 13.5. The van der Waals surface area contributed by atoms with Gasteiger partial charge >= 0.3 is 0 Å². The number of carbonyl (C=O) groups is 1. The summed E-state index contributed by atoms with van der Waals surface area (Å²) in [7, 11) is 0. The Balaban J connectivity index is 2.29. The first-order valence-corrected chi connectivity index (χ1v) is 5.41. The number of nitrogens with one attached hydrogen (secondary N) is 1. The third-order valence-corrected chi connectivity index (χ3v) is 2.47. The number of nitrogens with zero attached hydrogens (tertiary/aromatic N) is 1. The number of anilines is 1. The highest BCUT2D eigenvalue weighted by molar-refractivity contribution is 6.06. The molecule has 0 heterocycles. The van der Waals surface area contributed by atoms with E-state index in [0.29, 0.717) is 11.3 Å². The second-order valence-corrected chi connectivity index (χ2v) is 3.78. The molecule has 1 amide bonds. The molecule has 0 bridgehead atoms. The molecule has 5 heteroatoms. The smallest absolute Gasteiger partial charge is 0.262 e. The monoisotopic (exact) mass is 256 g/mol. The summed E-state index contributed by atoms with van der Waals surface area (Å²) in [5.74, 6) is -2.02. The fourth-order valence-corrected chi connectivity index (χ4v) is 1.60. The van der Waals surface area contributed by atoms with E-state index < -0.39 is 23.0 Å². The largest absolute Gasteiger partial charge is 0.507 e. The Kier molecular flexibility index (Phi) is 3.44. The quantitative estimate of drug-likeness (QED) is 0.867. The van der Waals surface area contributed by atoms with Crippen LogP contribution in [0.1, 0.15) is 15.9 Å². The number of aromatic hydroxyl groups is 1. The van der Waals surface area contributed by atoms with Crippen molar-refractivity contribution in [3.63, 3.8) is 0 Å². The van der Waals surface area contributed by atoms with Crippen molar-refractivity contribution < 1.29 is 14.3 Å². The van der Waals surface area contributed by atoms with Crippen LogP contribution in [-0.2, 0) is 0 Å². The number of carbonyl (C=O) groups excluding carboxylic acids is 1. The van der Waals surface area contributed by atoms with Crippen LogP contribution in [0.15, 0.2) is 42.5 Å². The number of nitriles is 1. The minimum atomic E-state index is -0.811. The number of benzene rings is 2. The van der Waals surface area contributed by atoms with Gasteiger partial charge in [0.25, 0.3) is 5.91 Å². The number of hydrogen-bond donors (Lipinski definition) is 2. The molecular formula is C14H9FN2O2. The molecule has 0 radical (unpaired) electrons. The molecule has 0 fully saturated rings. The van der Waals surface area contributed by atoms with E-state index in [1.54, 1.807) is 18.2 Å². The minimum Gasteiger partial charge on any atom is -0.507 e. The van der Waals surface area contributed by atoms with Crippen LogP contribution in [0.3, 0.4) is 0 Å². The van der Waals surface area contributed by atoms with Crippen LogP contribution < -0.4 is 5.32 Å². The van der Waals surface area contributed by atoms with Crippen LogP contribution in [0.5, 0.6) is 5.75 Å². The fraction of sp³-hybridized carbons (Fsp3) is 0. The minimum absolute atomic E-state index is 0.353. The third kappa shape index (κ3) is 2.69. The molecule has 0 aliphatic heterocycles. The topological polar surface area (TPSA) is 73.1 Å². The van der Waals surface area contributed by atoms with E-state index in [-0.39, 0.29) is 0 Å². The highest BCUT2D eigenvalue weighted by atomic mass is 19.1. The van der Waals surface area contributed by atoms with E-state index in [2.05, 4.69) is 5.32 Å². The van der Waals surface area contributed by atoms with Crippen LogP contribution in [0.4, 0.5) is 10.1 Å². The Hall–Kier alpha value is -2.87. The van der Waals surface area contributed by atoms with Gasteiger partial charge in [0.05, 0.1) is 11.6 Å². The van der Waals surface area contributed by atoms with Crippen molar-refractivity contribution in [2.45, 2.75) is 0 Å². The zero-order valence-electron chi connectivity index (χ0n) is 9.72. The molecule has 0 aliphatic carbocycles. The average Bonchev–Trinajstić information content (AvgIpc) is 2.38. The standard InChI is InChI=1S/C14H9FN2O2/c15-11-5-2-6-12(18)13(11)14(19)17-10-4-1-3-9(7-10)8-16/h1-7,18H,(H,17,19). The first-order chi connectivity index (χ1) is 9.11. The van der Waals surface area contributed by atoms with Gasteiger partial charge in [-0.1, -0.05) is 12.1 Å². The lowest BCUT2D eigenvalue weighted by molar-refractivity contribution is 0.102. The molecule has 2 aromatic carbocycles. The van der Waals surface area contributed by atoms with Crippen molar-refractivity contribution in [1.29, 1.82) is 5.26 Å². The Morgan fingerprint density at radius 2 is 2.00 bits per heavy atom.